The number of carbonyl (C=O) groups excluding carboxylic acids is 1. The normalized spacial score (nSPS) is 10.5. The van der Waals surface area contributed by atoms with E-state index >= 15 is 0 Å². The maximum Gasteiger partial charge on any atom is 0.312 e. The average molecular weight is 285 g/mol. The monoisotopic (exact) mass is 284 g/mol. The van der Waals surface area contributed by atoms with Crippen molar-refractivity contribution in [2.75, 3.05) is 0 Å². The average Bonchev–Trinajstić information content (AvgIpc) is 2.54. The number of fused-ring (bicyclic) bond motifs is 1. The van der Waals surface area contributed by atoms with Crippen molar-refractivity contribution in [2.24, 2.45) is 5.73 Å². The minimum absolute atomic E-state index is 0.468. The first-order valence-electron chi connectivity index (χ1n) is 4.37. The summed E-state index contributed by atoms with van der Waals surface area (Å²) in [5.41, 5.74) is 5.02. The van der Waals surface area contributed by atoms with Gasteiger partial charge in [0.25, 0.3) is 0 Å². The number of carbonyl (C=O) groups is 1. The van der Waals surface area contributed by atoms with Crippen LogP contribution in [0.5, 0.6) is 0 Å². The van der Waals surface area contributed by atoms with E-state index in [9.17, 15) is 4.79 Å². The van der Waals surface area contributed by atoms with Gasteiger partial charge in [-0.25, -0.2) is 4.79 Å². The molecule has 0 fully saturated rings. The first-order chi connectivity index (χ1) is 7.18. The zero-order chi connectivity index (χ0) is 10.8. The smallest absolute Gasteiger partial charge is 0.312 e. The summed E-state index contributed by atoms with van der Waals surface area (Å²) in [6.07, 6.45) is 0. The number of halogens is 1. The Hall–Kier alpha value is -1.07. The van der Waals surface area contributed by atoms with E-state index in [0.29, 0.717) is 6.54 Å². The Bertz CT molecular complexity index is 509. The Balaban J connectivity index is 2.36. The fraction of sp³-hybridized carbons (Fsp3) is 0.100. The molecule has 1 aromatic heterocycles. The van der Waals surface area contributed by atoms with Crippen molar-refractivity contribution in [1.29, 1.82) is 0 Å². The van der Waals surface area contributed by atoms with Crippen molar-refractivity contribution in [1.82, 2.24) is 5.32 Å². The first kappa shape index (κ1) is 10.4. The molecule has 0 bridgehead atoms. The van der Waals surface area contributed by atoms with Crippen LogP contribution in [0.15, 0.2) is 28.7 Å². The topological polar surface area (TPSA) is 55.1 Å². The molecule has 0 saturated heterocycles. The van der Waals surface area contributed by atoms with Crippen LogP contribution in [-0.4, -0.2) is 6.03 Å². The Labute approximate surface area is 99.4 Å². The van der Waals surface area contributed by atoms with Crippen LogP contribution < -0.4 is 11.1 Å². The molecule has 5 heteroatoms. The van der Waals surface area contributed by atoms with Crippen molar-refractivity contribution in [2.45, 2.75) is 6.54 Å². The molecule has 3 N–H and O–H groups in total. The second-order valence-corrected chi connectivity index (χ2v) is 4.98. The van der Waals surface area contributed by atoms with Gasteiger partial charge >= 0.3 is 6.03 Å². The van der Waals surface area contributed by atoms with Gasteiger partial charge in [-0.3, -0.25) is 0 Å². The van der Waals surface area contributed by atoms with Crippen molar-refractivity contribution >= 4 is 43.4 Å². The molecule has 78 valence electrons. The zero-order valence-corrected chi connectivity index (χ0v) is 10.2. The van der Waals surface area contributed by atoms with E-state index in [4.69, 9.17) is 5.73 Å². The van der Waals surface area contributed by atoms with Crippen LogP contribution in [0.1, 0.15) is 4.88 Å². The molecule has 2 aromatic rings. The number of urea groups is 1. The van der Waals surface area contributed by atoms with E-state index in [1.165, 1.54) is 10.1 Å². The molecule has 0 aliphatic heterocycles. The maximum absolute atomic E-state index is 10.6. The van der Waals surface area contributed by atoms with E-state index < -0.39 is 6.03 Å². The minimum Gasteiger partial charge on any atom is -0.352 e. The maximum atomic E-state index is 10.6. The summed E-state index contributed by atoms with van der Waals surface area (Å²) in [4.78, 5) is 11.7. The summed E-state index contributed by atoms with van der Waals surface area (Å²) in [5, 5.41) is 3.75. The van der Waals surface area contributed by atoms with Crippen molar-refractivity contribution in [3.8, 4) is 0 Å². The second kappa shape index (κ2) is 4.20. The van der Waals surface area contributed by atoms with Gasteiger partial charge in [-0.1, -0.05) is 18.2 Å². The molecular weight excluding hydrogens is 276 g/mol. The highest BCUT2D eigenvalue weighted by Gasteiger charge is 2.09. The number of thiophene rings is 1. The summed E-state index contributed by atoms with van der Waals surface area (Å²) >= 11 is 5.17. The number of benzene rings is 1. The van der Waals surface area contributed by atoms with Crippen LogP contribution in [0.25, 0.3) is 10.1 Å². The molecule has 2 rings (SSSR count). The third-order valence-electron chi connectivity index (χ3n) is 2.02. The van der Waals surface area contributed by atoms with Crippen LogP contribution in [0.3, 0.4) is 0 Å². The van der Waals surface area contributed by atoms with Gasteiger partial charge in [0.2, 0.25) is 0 Å². The number of nitrogens with two attached hydrogens (primary N) is 1. The number of amides is 2. The summed E-state index contributed by atoms with van der Waals surface area (Å²) < 4.78 is 2.24. The molecule has 1 heterocycles. The quantitative estimate of drug-likeness (QED) is 0.875. The van der Waals surface area contributed by atoms with Gasteiger partial charge in [0.15, 0.2) is 0 Å². The number of rotatable bonds is 2. The minimum atomic E-state index is -0.501. The van der Waals surface area contributed by atoms with E-state index in [2.05, 4.69) is 27.3 Å². The molecule has 0 aliphatic carbocycles. The van der Waals surface area contributed by atoms with Gasteiger partial charge in [-0.05, 0) is 22.0 Å². The molecule has 0 unspecified atom stereocenters. The summed E-state index contributed by atoms with van der Waals surface area (Å²) in [6, 6.07) is 7.59. The molecule has 1 aromatic carbocycles. The van der Waals surface area contributed by atoms with Gasteiger partial charge in [0.05, 0.1) is 6.54 Å². The summed E-state index contributed by atoms with van der Waals surface area (Å²) in [7, 11) is 0. The highest BCUT2D eigenvalue weighted by molar-refractivity contribution is 9.10. The van der Waals surface area contributed by atoms with Crippen LogP contribution in [0, 0.1) is 0 Å². The van der Waals surface area contributed by atoms with Gasteiger partial charge in [-0.2, -0.15) is 0 Å². The lowest BCUT2D eigenvalue weighted by atomic mass is 10.2. The molecular formula is C10H9BrN2OS. The van der Waals surface area contributed by atoms with E-state index in [-0.39, 0.29) is 0 Å². The zero-order valence-electron chi connectivity index (χ0n) is 7.79. The molecule has 0 radical (unpaired) electrons. The van der Waals surface area contributed by atoms with Gasteiger partial charge in [0.1, 0.15) is 0 Å². The predicted octanol–water partition coefficient (Wildman–Crippen LogP) is 2.83. The molecule has 0 saturated carbocycles. The number of hydrogen-bond donors (Lipinski definition) is 2. The molecule has 15 heavy (non-hydrogen) atoms. The van der Waals surface area contributed by atoms with Crippen LogP contribution in [-0.2, 0) is 6.54 Å². The fourth-order valence-corrected chi connectivity index (χ4v) is 3.24. The van der Waals surface area contributed by atoms with Crippen LogP contribution in [0.4, 0.5) is 4.79 Å². The molecule has 2 amide bonds. The van der Waals surface area contributed by atoms with Crippen molar-refractivity contribution in [3.05, 3.63) is 33.6 Å². The predicted molar refractivity (Wildman–Crippen MR) is 65.9 cm³/mol. The Morgan fingerprint density at radius 3 is 2.87 bits per heavy atom. The van der Waals surface area contributed by atoms with Crippen LogP contribution in [0.2, 0.25) is 0 Å². The lowest BCUT2D eigenvalue weighted by molar-refractivity contribution is 0.248. The standard InChI is InChI=1S/C10H9BrN2OS/c11-9-6-3-1-2-4-7(6)15-8(9)5-13-10(12)14/h1-4H,5H2,(H3,12,13,14). The number of nitrogens with one attached hydrogen (secondary N) is 1. The van der Waals surface area contributed by atoms with E-state index in [0.717, 1.165) is 9.35 Å². The lowest BCUT2D eigenvalue weighted by Crippen LogP contribution is -2.28. The Kier molecular flexibility index (Phi) is 2.93. The third-order valence-corrected chi connectivity index (χ3v) is 4.36. The highest BCUT2D eigenvalue weighted by atomic mass is 79.9. The van der Waals surface area contributed by atoms with Gasteiger partial charge < -0.3 is 11.1 Å². The fourth-order valence-electron chi connectivity index (χ4n) is 1.35. The third kappa shape index (κ3) is 2.13. The van der Waals surface area contributed by atoms with Crippen molar-refractivity contribution < 1.29 is 4.79 Å². The Morgan fingerprint density at radius 2 is 2.20 bits per heavy atom. The molecule has 0 spiro atoms. The van der Waals surface area contributed by atoms with Crippen LogP contribution >= 0.6 is 27.3 Å². The number of hydrogen-bond acceptors (Lipinski definition) is 2. The molecule has 3 nitrogen and oxygen atoms in total. The lowest BCUT2D eigenvalue weighted by Gasteiger charge is -1.98. The number of primary amides is 1. The first-order valence-corrected chi connectivity index (χ1v) is 5.98. The van der Waals surface area contributed by atoms with E-state index in [1.807, 2.05) is 18.2 Å². The second-order valence-electron chi connectivity index (χ2n) is 3.05. The highest BCUT2D eigenvalue weighted by Crippen LogP contribution is 2.35. The Morgan fingerprint density at radius 1 is 1.47 bits per heavy atom. The summed E-state index contributed by atoms with van der Waals surface area (Å²) in [6.45, 7) is 0.468. The molecule has 0 atom stereocenters. The summed E-state index contributed by atoms with van der Waals surface area (Å²) in [5.74, 6) is 0. The van der Waals surface area contributed by atoms with E-state index in [1.54, 1.807) is 11.3 Å². The molecule has 0 aliphatic rings. The van der Waals surface area contributed by atoms with Gasteiger partial charge in [-0.15, -0.1) is 11.3 Å². The van der Waals surface area contributed by atoms with Crippen molar-refractivity contribution in [3.63, 3.8) is 0 Å². The largest absolute Gasteiger partial charge is 0.352 e. The van der Waals surface area contributed by atoms with Gasteiger partial charge in [0, 0.05) is 19.4 Å². The SMILES string of the molecule is NC(=O)NCc1sc2ccccc2c1Br.